The number of hydrogen-bond acceptors (Lipinski definition) is 2. The van der Waals surface area contributed by atoms with Gasteiger partial charge in [0.1, 0.15) is 5.82 Å². The lowest BCUT2D eigenvalue weighted by Gasteiger charge is -2.10. The van der Waals surface area contributed by atoms with Gasteiger partial charge < -0.3 is 4.57 Å². The zero-order valence-corrected chi connectivity index (χ0v) is 12.2. The molecule has 2 aromatic rings. The minimum absolute atomic E-state index is 0.600. The number of halogens is 1. The molecule has 0 amide bonds. The second-order valence-corrected chi connectivity index (χ2v) is 5.55. The molecule has 0 bridgehead atoms. The van der Waals surface area contributed by atoms with Crippen LogP contribution in [0.5, 0.6) is 0 Å². The molecule has 1 heterocycles. The Morgan fingerprint density at radius 3 is 2.72 bits per heavy atom. The maximum absolute atomic E-state index is 4.40. The van der Waals surface area contributed by atoms with E-state index < -0.39 is 0 Å². The van der Waals surface area contributed by atoms with Gasteiger partial charge in [0, 0.05) is 11.6 Å². The van der Waals surface area contributed by atoms with Crippen LogP contribution >= 0.6 is 15.9 Å². The molecule has 18 heavy (non-hydrogen) atoms. The standard InChI is InChI=1S/C14H16BrN3/c1-9-3-4-10(2)12(7-9)14-17-16-13(8-15)18(14)11-5-6-11/h3-4,7,11H,5-6,8H2,1-2H3. The largest absolute Gasteiger partial charge is 0.307 e. The Bertz CT molecular complexity index is 585. The van der Waals surface area contributed by atoms with Gasteiger partial charge in [-0.3, -0.25) is 0 Å². The second-order valence-electron chi connectivity index (χ2n) is 4.99. The molecule has 1 aromatic heterocycles. The first-order valence-corrected chi connectivity index (χ1v) is 7.40. The van der Waals surface area contributed by atoms with E-state index in [1.54, 1.807) is 0 Å². The van der Waals surface area contributed by atoms with Crippen LogP contribution in [0.2, 0.25) is 0 Å². The van der Waals surface area contributed by atoms with E-state index in [1.807, 2.05) is 0 Å². The van der Waals surface area contributed by atoms with Crippen molar-refractivity contribution in [2.75, 3.05) is 0 Å². The Hall–Kier alpha value is -1.16. The molecule has 94 valence electrons. The number of benzene rings is 1. The summed E-state index contributed by atoms with van der Waals surface area (Å²) >= 11 is 3.50. The predicted octanol–water partition coefficient (Wildman–Crippen LogP) is 3.79. The van der Waals surface area contributed by atoms with Gasteiger partial charge in [-0.2, -0.15) is 0 Å². The van der Waals surface area contributed by atoms with Crippen LogP contribution < -0.4 is 0 Å². The van der Waals surface area contributed by atoms with E-state index in [0.29, 0.717) is 6.04 Å². The lowest BCUT2D eigenvalue weighted by molar-refractivity contribution is 0.714. The molecule has 1 aliphatic rings. The number of nitrogens with zero attached hydrogens (tertiary/aromatic N) is 3. The topological polar surface area (TPSA) is 30.7 Å². The molecule has 0 atom stereocenters. The van der Waals surface area contributed by atoms with Crippen molar-refractivity contribution >= 4 is 15.9 Å². The monoisotopic (exact) mass is 305 g/mol. The molecule has 0 saturated heterocycles. The highest BCUT2D eigenvalue weighted by Crippen LogP contribution is 2.39. The quantitative estimate of drug-likeness (QED) is 0.808. The van der Waals surface area contributed by atoms with Gasteiger partial charge in [0.2, 0.25) is 0 Å². The number of rotatable bonds is 3. The van der Waals surface area contributed by atoms with Crippen LogP contribution in [0, 0.1) is 13.8 Å². The average molecular weight is 306 g/mol. The molecule has 0 spiro atoms. The number of hydrogen-bond donors (Lipinski definition) is 0. The zero-order chi connectivity index (χ0) is 12.7. The van der Waals surface area contributed by atoms with Crippen molar-refractivity contribution < 1.29 is 0 Å². The van der Waals surface area contributed by atoms with Crippen molar-refractivity contribution in [3.05, 3.63) is 35.2 Å². The minimum atomic E-state index is 0.600. The summed E-state index contributed by atoms with van der Waals surface area (Å²) in [4.78, 5) is 0. The van der Waals surface area contributed by atoms with Gasteiger partial charge in [0.25, 0.3) is 0 Å². The average Bonchev–Trinajstić information content (AvgIpc) is 3.12. The van der Waals surface area contributed by atoms with Gasteiger partial charge in [0.15, 0.2) is 5.82 Å². The first-order valence-electron chi connectivity index (χ1n) is 6.28. The second kappa shape index (κ2) is 4.50. The molecule has 0 aliphatic heterocycles. The molecule has 3 nitrogen and oxygen atoms in total. The van der Waals surface area contributed by atoms with Gasteiger partial charge in [-0.25, -0.2) is 0 Å². The van der Waals surface area contributed by atoms with E-state index in [9.17, 15) is 0 Å². The summed E-state index contributed by atoms with van der Waals surface area (Å²) in [6.07, 6.45) is 2.49. The smallest absolute Gasteiger partial charge is 0.164 e. The van der Waals surface area contributed by atoms with E-state index in [1.165, 1.54) is 29.5 Å². The highest BCUT2D eigenvalue weighted by molar-refractivity contribution is 9.08. The Morgan fingerprint density at radius 2 is 2.06 bits per heavy atom. The summed E-state index contributed by atoms with van der Waals surface area (Å²) in [6.45, 7) is 4.25. The van der Waals surface area contributed by atoms with Crippen LogP contribution in [-0.4, -0.2) is 14.8 Å². The fourth-order valence-electron chi connectivity index (χ4n) is 2.29. The summed E-state index contributed by atoms with van der Waals surface area (Å²) in [5.74, 6) is 2.06. The SMILES string of the molecule is Cc1ccc(C)c(-c2nnc(CBr)n2C2CC2)c1. The third-order valence-corrected chi connectivity index (χ3v) is 3.93. The van der Waals surface area contributed by atoms with Crippen LogP contribution in [0.1, 0.15) is 35.8 Å². The van der Waals surface area contributed by atoms with Crippen molar-refractivity contribution in [1.29, 1.82) is 0 Å². The van der Waals surface area contributed by atoms with Gasteiger partial charge >= 0.3 is 0 Å². The summed E-state index contributed by atoms with van der Waals surface area (Å²) in [5, 5.41) is 9.48. The van der Waals surface area contributed by atoms with Crippen LogP contribution in [0.4, 0.5) is 0 Å². The Morgan fingerprint density at radius 1 is 1.28 bits per heavy atom. The molecule has 0 N–H and O–H groups in total. The van der Waals surface area contributed by atoms with E-state index >= 15 is 0 Å². The van der Waals surface area contributed by atoms with Gasteiger partial charge in [0.05, 0.1) is 5.33 Å². The molecule has 0 unspecified atom stereocenters. The molecule has 4 heteroatoms. The van der Waals surface area contributed by atoms with Crippen molar-refractivity contribution in [3.63, 3.8) is 0 Å². The van der Waals surface area contributed by atoms with Crippen molar-refractivity contribution in [1.82, 2.24) is 14.8 Å². The van der Waals surface area contributed by atoms with Crippen LogP contribution in [0.15, 0.2) is 18.2 Å². The highest BCUT2D eigenvalue weighted by Gasteiger charge is 2.29. The lowest BCUT2D eigenvalue weighted by atomic mass is 10.1. The Kier molecular flexibility index (Phi) is 2.98. The Balaban J connectivity index is 2.16. The van der Waals surface area contributed by atoms with Gasteiger partial charge in [-0.05, 0) is 38.3 Å². The van der Waals surface area contributed by atoms with E-state index in [0.717, 1.165) is 17.0 Å². The number of aryl methyl sites for hydroxylation is 2. The Labute approximate surface area is 115 Å². The van der Waals surface area contributed by atoms with Crippen LogP contribution in [0.3, 0.4) is 0 Å². The fourth-order valence-corrected chi connectivity index (χ4v) is 2.67. The third kappa shape index (κ3) is 1.99. The van der Waals surface area contributed by atoms with Crippen molar-refractivity contribution in [2.24, 2.45) is 0 Å². The first-order chi connectivity index (χ1) is 8.70. The van der Waals surface area contributed by atoms with Crippen LogP contribution in [0.25, 0.3) is 11.4 Å². The molecular formula is C14H16BrN3. The van der Waals surface area contributed by atoms with Gasteiger partial charge in [-0.15, -0.1) is 10.2 Å². The number of aromatic nitrogens is 3. The van der Waals surface area contributed by atoms with Crippen LogP contribution in [-0.2, 0) is 5.33 Å². The van der Waals surface area contributed by atoms with E-state index in [2.05, 4.69) is 62.7 Å². The maximum atomic E-state index is 4.40. The molecule has 1 aromatic carbocycles. The lowest BCUT2D eigenvalue weighted by Crippen LogP contribution is -2.02. The first kappa shape index (κ1) is 11.9. The van der Waals surface area contributed by atoms with E-state index in [4.69, 9.17) is 0 Å². The predicted molar refractivity (Wildman–Crippen MR) is 75.8 cm³/mol. The normalized spacial score (nSPS) is 15.1. The van der Waals surface area contributed by atoms with Crippen molar-refractivity contribution in [3.8, 4) is 11.4 Å². The fraction of sp³-hybridized carbons (Fsp3) is 0.429. The molecular weight excluding hydrogens is 290 g/mol. The summed E-state index contributed by atoms with van der Waals surface area (Å²) in [6, 6.07) is 7.10. The maximum Gasteiger partial charge on any atom is 0.164 e. The summed E-state index contributed by atoms with van der Waals surface area (Å²) < 4.78 is 2.30. The zero-order valence-electron chi connectivity index (χ0n) is 10.7. The molecule has 0 radical (unpaired) electrons. The van der Waals surface area contributed by atoms with Crippen molar-refractivity contribution in [2.45, 2.75) is 38.1 Å². The highest BCUT2D eigenvalue weighted by atomic mass is 79.9. The molecule has 3 rings (SSSR count). The molecule has 1 saturated carbocycles. The number of alkyl halides is 1. The minimum Gasteiger partial charge on any atom is -0.307 e. The molecule has 1 fully saturated rings. The summed E-state index contributed by atoms with van der Waals surface area (Å²) in [7, 11) is 0. The summed E-state index contributed by atoms with van der Waals surface area (Å²) in [5.41, 5.74) is 3.74. The van der Waals surface area contributed by atoms with Gasteiger partial charge in [-0.1, -0.05) is 33.6 Å². The third-order valence-electron chi connectivity index (χ3n) is 3.43. The molecule has 1 aliphatic carbocycles. The van der Waals surface area contributed by atoms with E-state index in [-0.39, 0.29) is 0 Å².